The summed E-state index contributed by atoms with van der Waals surface area (Å²) in [7, 11) is 1.65. The average Bonchev–Trinajstić information content (AvgIpc) is 2.45. The van der Waals surface area contributed by atoms with Crippen molar-refractivity contribution in [3.63, 3.8) is 0 Å². The molecule has 0 aliphatic rings. The molecule has 0 spiro atoms. The molecule has 0 atom stereocenters. The van der Waals surface area contributed by atoms with Crippen molar-refractivity contribution < 1.29 is 14.3 Å². The molecule has 0 aliphatic heterocycles. The molecule has 0 bridgehead atoms. The van der Waals surface area contributed by atoms with Crippen molar-refractivity contribution in [2.45, 2.75) is 13.0 Å². The molecule has 0 heterocycles. The van der Waals surface area contributed by atoms with Crippen LogP contribution in [-0.4, -0.2) is 20.0 Å². The second-order valence-corrected chi connectivity index (χ2v) is 5.02. The zero-order chi connectivity index (χ0) is 13.9. The van der Waals surface area contributed by atoms with E-state index in [1.54, 1.807) is 13.2 Å². The lowest BCUT2D eigenvalue weighted by Gasteiger charge is -2.04. The summed E-state index contributed by atoms with van der Waals surface area (Å²) in [5.74, 6) is 0.850. The van der Waals surface area contributed by atoms with E-state index < -0.39 is 0 Å². The molecule has 1 aromatic rings. The molecule has 0 amide bonds. The smallest absolute Gasteiger partial charge is 0.142 e. The molecule has 4 heteroatoms. The van der Waals surface area contributed by atoms with Crippen LogP contribution in [0.15, 0.2) is 46.1 Å². The number of allylic oxidation sites excluding steroid dienone is 3. The van der Waals surface area contributed by atoms with E-state index in [4.69, 9.17) is 9.47 Å². The molecule has 0 unspecified atom stereocenters. The first-order chi connectivity index (χ1) is 9.26. The minimum atomic E-state index is 0.596. The molecule has 1 aromatic carbocycles. The van der Waals surface area contributed by atoms with Gasteiger partial charge in [-0.15, -0.1) is 0 Å². The van der Waals surface area contributed by atoms with Crippen LogP contribution in [0.3, 0.4) is 0 Å². The topological polar surface area (TPSA) is 35.5 Å². The van der Waals surface area contributed by atoms with Gasteiger partial charge in [0, 0.05) is 3.58 Å². The Morgan fingerprint density at radius 3 is 2.68 bits per heavy atom. The summed E-state index contributed by atoms with van der Waals surface area (Å²) in [6, 6.07) is 7.83. The zero-order valence-corrected chi connectivity index (χ0v) is 13.0. The van der Waals surface area contributed by atoms with Crippen LogP contribution in [0.5, 0.6) is 5.75 Å². The van der Waals surface area contributed by atoms with Crippen LogP contribution >= 0.6 is 22.6 Å². The van der Waals surface area contributed by atoms with E-state index in [9.17, 15) is 4.79 Å². The predicted octanol–water partition coefficient (Wildman–Crippen LogP) is 3.68. The molecule has 0 saturated carbocycles. The van der Waals surface area contributed by atoms with Crippen molar-refractivity contribution in [2.24, 2.45) is 0 Å². The van der Waals surface area contributed by atoms with Crippen LogP contribution in [0.1, 0.15) is 12.0 Å². The fraction of sp³-hybridized carbons (Fsp3) is 0.267. The Kier molecular flexibility index (Phi) is 8.16. The van der Waals surface area contributed by atoms with E-state index in [1.165, 1.54) is 6.08 Å². The second-order valence-electron chi connectivity index (χ2n) is 3.77. The Morgan fingerprint density at radius 2 is 2.05 bits per heavy atom. The first kappa shape index (κ1) is 15.9. The normalized spacial score (nSPS) is 11.8. The highest BCUT2D eigenvalue weighted by Gasteiger charge is 1.94. The van der Waals surface area contributed by atoms with Crippen LogP contribution in [0.25, 0.3) is 0 Å². The first-order valence-corrected chi connectivity index (χ1v) is 7.02. The SMILES string of the molecule is COc1ccc(COCC/C=C(I)\C=C\C=O)cc1. The molecule has 1 rings (SSSR count). The Labute approximate surface area is 127 Å². The van der Waals surface area contributed by atoms with E-state index in [-0.39, 0.29) is 0 Å². The van der Waals surface area contributed by atoms with Crippen molar-refractivity contribution in [1.29, 1.82) is 0 Å². The van der Waals surface area contributed by atoms with Crippen molar-refractivity contribution in [3.05, 3.63) is 51.6 Å². The molecule has 0 aliphatic carbocycles. The fourth-order valence-electron chi connectivity index (χ4n) is 1.39. The lowest BCUT2D eigenvalue weighted by atomic mass is 10.2. The fourth-order valence-corrected chi connectivity index (χ4v) is 1.91. The standard InChI is InChI=1S/C15H17IO3/c1-18-15-8-6-13(7-9-15)12-19-11-3-5-14(16)4-2-10-17/h2,4-10H,3,11-12H2,1H3/b4-2+,14-5+. The lowest BCUT2D eigenvalue weighted by molar-refractivity contribution is -0.104. The molecule has 0 saturated heterocycles. The summed E-state index contributed by atoms with van der Waals surface area (Å²) >= 11 is 2.18. The highest BCUT2D eigenvalue weighted by Crippen LogP contribution is 2.12. The van der Waals surface area contributed by atoms with Gasteiger partial charge in [0.25, 0.3) is 0 Å². The minimum Gasteiger partial charge on any atom is -0.497 e. The summed E-state index contributed by atoms with van der Waals surface area (Å²) in [5.41, 5.74) is 1.13. The number of hydrogen-bond acceptors (Lipinski definition) is 3. The largest absolute Gasteiger partial charge is 0.497 e. The number of methoxy groups -OCH3 is 1. The number of carbonyl (C=O) groups is 1. The molecule has 0 radical (unpaired) electrons. The molecule has 0 N–H and O–H groups in total. The summed E-state index contributed by atoms with van der Waals surface area (Å²) in [6.07, 6.45) is 6.90. The quantitative estimate of drug-likeness (QED) is 0.230. The number of hydrogen-bond donors (Lipinski definition) is 0. The van der Waals surface area contributed by atoms with Gasteiger partial charge in [0.2, 0.25) is 0 Å². The van der Waals surface area contributed by atoms with Gasteiger partial charge >= 0.3 is 0 Å². The van der Waals surface area contributed by atoms with Gasteiger partial charge in [-0.1, -0.05) is 18.2 Å². The Bertz CT molecular complexity index is 435. The van der Waals surface area contributed by atoms with Gasteiger partial charge < -0.3 is 9.47 Å². The number of benzene rings is 1. The zero-order valence-electron chi connectivity index (χ0n) is 10.8. The highest BCUT2D eigenvalue weighted by molar-refractivity contribution is 14.1. The first-order valence-electron chi connectivity index (χ1n) is 5.94. The van der Waals surface area contributed by atoms with E-state index in [2.05, 4.69) is 22.6 Å². The van der Waals surface area contributed by atoms with Gasteiger partial charge in [-0.05, 0) is 58.9 Å². The molecular weight excluding hydrogens is 355 g/mol. The summed E-state index contributed by atoms with van der Waals surface area (Å²) in [6.45, 7) is 1.26. The molecule has 3 nitrogen and oxygen atoms in total. The summed E-state index contributed by atoms with van der Waals surface area (Å²) < 4.78 is 11.7. The second kappa shape index (κ2) is 9.75. The van der Waals surface area contributed by atoms with Crippen LogP contribution < -0.4 is 4.74 Å². The van der Waals surface area contributed by atoms with E-state index in [0.29, 0.717) is 13.2 Å². The lowest BCUT2D eigenvalue weighted by Crippen LogP contribution is -1.94. The van der Waals surface area contributed by atoms with Gasteiger partial charge in [-0.25, -0.2) is 0 Å². The summed E-state index contributed by atoms with van der Waals surface area (Å²) in [5, 5.41) is 0. The number of rotatable bonds is 8. The van der Waals surface area contributed by atoms with Crippen molar-refractivity contribution in [2.75, 3.05) is 13.7 Å². The van der Waals surface area contributed by atoms with E-state index in [1.807, 2.05) is 30.3 Å². The maximum atomic E-state index is 10.1. The van der Waals surface area contributed by atoms with Gasteiger partial charge in [0.1, 0.15) is 12.0 Å². The van der Waals surface area contributed by atoms with Crippen molar-refractivity contribution >= 4 is 28.9 Å². The Balaban J connectivity index is 2.23. The molecule has 0 fully saturated rings. The van der Waals surface area contributed by atoms with Crippen LogP contribution in [0, 0.1) is 0 Å². The number of ether oxygens (including phenoxy) is 2. The van der Waals surface area contributed by atoms with Crippen LogP contribution in [0.4, 0.5) is 0 Å². The highest BCUT2D eigenvalue weighted by atomic mass is 127. The van der Waals surface area contributed by atoms with Crippen LogP contribution in [-0.2, 0) is 16.1 Å². The van der Waals surface area contributed by atoms with Crippen molar-refractivity contribution in [3.8, 4) is 5.75 Å². The van der Waals surface area contributed by atoms with Gasteiger partial charge in [0.15, 0.2) is 0 Å². The number of aldehydes is 1. The number of carbonyl (C=O) groups excluding carboxylic acids is 1. The van der Waals surface area contributed by atoms with E-state index >= 15 is 0 Å². The average molecular weight is 372 g/mol. The van der Waals surface area contributed by atoms with E-state index in [0.717, 1.165) is 27.6 Å². The maximum Gasteiger partial charge on any atom is 0.142 e. The summed E-state index contributed by atoms with van der Waals surface area (Å²) in [4.78, 5) is 10.1. The van der Waals surface area contributed by atoms with Gasteiger partial charge in [-0.3, -0.25) is 4.79 Å². The van der Waals surface area contributed by atoms with Crippen LogP contribution in [0.2, 0.25) is 0 Å². The maximum absolute atomic E-state index is 10.1. The third kappa shape index (κ3) is 7.12. The third-order valence-corrected chi connectivity index (χ3v) is 3.16. The van der Waals surface area contributed by atoms with Gasteiger partial charge in [-0.2, -0.15) is 0 Å². The van der Waals surface area contributed by atoms with Crippen molar-refractivity contribution in [1.82, 2.24) is 0 Å². The molecular formula is C15H17IO3. The third-order valence-electron chi connectivity index (χ3n) is 2.36. The molecule has 102 valence electrons. The molecule has 0 aromatic heterocycles. The number of halogens is 1. The monoisotopic (exact) mass is 372 g/mol. The Morgan fingerprint density at radius 1 is 1.32 bits per heavy atom. The predicted molar refractivity (Wildman–Crippen MR) is 84.6 cm³/mol. The Hall–Kier alpha value is -1.14. The van der Waals surface area contributed by atoms with Gasteiger partial charge in [0.05, 0.1) is 20.3 Å². The minimum absolute atomic E-state index is 0.596. The molecule has 19 heavy (non-hydrogen) atoms.